The molecule has 0 saturated carbocycles. The number of nitrogens with one attached hydrogen (secondary N) is 1. The van der Waals surface area contributed by atoms with Crippen molar-refractivity contribution in [2.75, 3.05) is 18.0 Å². The summed E-state index contributed by atoms with van der Waals surface area (Å²) in [7, 11) is 0. The fraction of sp³-hybridized carbons (Fsp3) is 0.278. The van der Waals surface area contributed by atoms with Crippen LogP contribution in [0.15, 0.2) is 53.0 Å². The minimum absolute atomic E-state index is 0.00199. The van der Waals surface area contributed by atoms with Crippen LogP contribution in [0.25, 0.3) is 0 Å². The van der Waals surface area contributed by atoms with Crippen molar-refractivity contribution in [3.05, 3.63) is 64.1 Å². The molecule has 2 aromatic rings. The van der Waals surface area contributed by atoms with Gasteiger partial charge in [-0.05, 0) is 48.6 Å². The summed E-state index contributed by atoms with van der Waals surface area (Å²) >= 11 is 3.47. The fourth-order valence-corrected chi connectivity index (χ4v) is 3.29. The van der Waals surface area contributed by atoms with Gasteiger partial charge in [0.15, 0.2) is 0 Å². The summed E-state index contributed by atoms with van der Waals surface area (Å²) in [6.45, 7) is 1.44. The molecule has 22 heavy (non-hydrogen) atoms. The fourth-order valence-electron chi connectivity index (χ4n) is 2.85. The van der Waals surface area contributed by atoms with Crippen molar-refractivity contribution in [2.24, 2.45) is 0 Å². The lowest BCUT2D eigenvalue weighted by Crippen LogP contribution is -2.43. The van der Waals surface area contributed by atoms with Gasteiger partial charge in [0, 0.05) is 23.2 Å². The van der Waals surface area contributed by atoms with Gasteiger partial charge in [-0.3, -0.25) is 4.90 Å². The number of carbonyl (C=O) groups is 1. The van der Waals surface area contributed by atoms with E-state index in [-0.39, 0.29) is 6.03 Å². The number of fused-ring (bicyclic) bond motifs is 1. The Hall–Kier alpha value is -1.81. The van der Waals surface area contributed by atoms with Gasteiger partial charge in [-0.25, -0.2) is 4.79 Å². The van der Waals surface area contributed by atoms with Crippen molar-refractivity contribution in [2.45, 2.75) is 19.3 Å². The lowest BCUT2D eigenvalue weighted by atomic mass is 10.0. The highest BCUT2D eigenvalue weighted by atomic mass is 79.9. The maximum Gasteiger partial charge on any atom is 0.321 e. The van der Waals surface area contributed by atoms with Crippen molar-refractivity contribution in [3.8, 4) is 0 Å². The molecule has 0 spiro atoms. The van der Waals surface area contributed by atoms with Gasteiger partial charge in [0.2, 0.25) is 0 Å². The van der Waals surface area contributed by atoms with Gasteiger partial charge in [-0.1, -0.05) is 46.3 Å². The number of anilines is 1. The summed E-state index contributed by atoms with van der Waals surface area (Å²) in [5.41, 5.74) is 3.53. The number of carbonyl (C=O) groups excluding carboxylic acids is 1. The molecule has 0 radical (unpaired) electrons. The molecule has 0 aliphatic carbocycles. The first-order valence-corrected chi connectivity index (χ1v) is 8.41. The molecule has 1 N–H and O–H groups in total. The zero-order chi connectivity index (χ0) is 15.4. The van der Waals surface area contributed by atoms with E-state index in [0.29, 0.717) is 6.54 Å². The Labute approximate surface area is 139 Å². The van der Waals surface area contributed by atoms with Crippen LogP contribution in [0.5, 0.6) is 0 Å². The molecule has 3 nitrogen and oxygen atoms in total. The number of halogens is 1. The van der Waals surface area contributed by atoms with Crippen LogP contribution in [0.4, 0.5) is 10.5 Å². The standard InChI is InChI=1S/C18H19BrN2O/c19-16-8-3-5-14(13-16)10-11-20-18(22)21-12-4-7-15-6-1-2-9-17(15)21/h1-3,5-6,8-9,13H,4,7,10-12H2,(H,20,22). The minimum Gasteiger partial charge on any atom is -0.337 e. The number of nitrogens with zero attached hydrogens (tertiary/aromatic N) is 1. The molecule has 1 aliphatic heterocycles. The Balaban J connectivity index is 1.59. The third-order valence-electron chi connectivity index (χ3n) is 3.93. The van der Waals surface area contributed by atoms with E-state index in [1.54, 1.807) is 0 Å². The molecular weight excluding hydrogens is 340 g/mol. The van der Waals surface area contributed by atoms with Crippen LogP contribution in [0.1, 0.15) is 17.5 Å². The highest BCUT2D eigenvalue weighted by molar-refractivity contribution is 9.10. The van der Waals surface area contributed by atoms with Gasteiger partial charge in [0.1, 0.15) is 0 Å². The molecule has 0 unspecified atom stereocenters. The van der Waals surface area contributed by atoms with Crippen molar-refractivity contribution in [3.63, 3.8) is 0 Å². The summed E-state index contributed by atoms with van der Waals surface area (Å²) < 4.78 is 1.07. The number of amides is 2. The molecule has 0 aromatic heterocycles. The average molecular weight is 359 g/mol. The highest BCUT2D eigenvalue weighted by Gasteiger charge is 2.21. The van der Waals surface area contributed by atoms with Crippen molar-refractivity contribution in [1.29, 1.82) is 0 Å². The molecule has 0 fully saturated rings. The lowest BCUT2D eigenvalue weighted by molar-refractivity contribution is 0.246. The first kappa shape index (κ1) is 15.1. The van der Waals surface area contributed by atoms with E-state index in [1.807, 2.05) is 35.2 Å². The quantitative estimate of drug-likeness (QED) is 0.877. The summed E-state index contributed by atoms with van der Waals surface area (Å²) in [5.74, 6) is 0. The smallest absolute Gasteiger partial charge is 0.321 e. The van der Waals surface area contributed by atoms with Crippen molar-refractivity contribution >= 4 is 27.6 Å². The van der Waals surface area contributed by atoms with E-state index in [2.05, 4.69) is 39.4 Å². The van der Waals surface area contributed by atoms with Crippen LogP contribution in [0.2, 0.25) is 0 Å². The Morgan fingerprint density at radius 2 is 2.05 bits per heavy atom. The molecule has 4 heteroatoms. The molecule has 1 heterocycles. The predicted octanol–water partition coefficient (Wildman–Crippen LogP) is 4.15. The van der Waals surface area contributed by atoms with Crippen molar-refractivity contribution in [1.82, 2.24) is 5.32 Å². The SMILES string of the molecule is O=C(NCCc1cccc(Br)c1)N1CCCc2ccccc21. The van der Waals surface area contributed by atoms with E-state index in [9.17, 15) is 4.79 Å². The molecule has 0 atom stereocenters. The number of urea groups is 1. The zero-order valence-corrected chi connectivity index (χ0v) is 14.0. The maximum atomic E-state index is 12.4. The number of para-hydroxylation sites is 1. The van der Waals surface area contributed by atoms with Crippen LogP contribution >= 0.6 is 15.9 Å². The minimum atomic E-state index is 0.00199. The predicted molar refractivity (Wildman–Crippen MR) is 93.4 cm³/mol. The van der Waals surface area contributed by atoms with Crippen LogP contribution in [-0.4, -0.2) is 19.1 Å². The molecule has 3 rings (SSSR count). The van der Waals surface area contributed by atoms with Crippen LogP contribution in [0, 0.1) is 0 Å². The number of benzene rings is 2. The van der Waals surface area contributed by atoms with E-state index >= 15 is 0 Å². The first-order chi connectivity index (χ1) is 10.7. The Morgan fingerprint density at radius 3 is 2.91 bits per heavy atom. The molecular formula is C18H19BrN2O. The first-order valence-electron chi connectivity index (χ1n) is 7.62. The van der Waals surface area contributed by atoms with Gasteiger partial charge in [0.05, 0.1) is 0 Å². The number of hydrogen-bond donors (Lipinski definition) is 1. The topological polar surface area (TPSA) is 32.3 Å². The summed E-state index contributed by atoms with van der Waals surface area (Å²) in [6, 6.07) is 16.4. The maximum absolute atomic E-state index is 12.4. The summed E-state index contributed by atoms with van der Waals surface area (Å²) in [6.07, 6.45) is 2.91. The van der Waals surface area contributed by atoms with Gasteiger partial charge in [-0.15, -0.1) is 0 Å². The largest absolute Gasteiger partial charge is 0.337 e. The Morgan fingerprint density at radius 1 is 1.18 bits per heavy atom. The average Bonchev–Trinajstić information content (AvgIpc) is 2.54. The van der Waals surface area contributed by atoms with E-state index in [0.717, 1.165) is 36.0 Å². The second-order valence-corrected chi connectivity index (χ2v) is 6.41. The molecule has 2 amide bonds. The van der Waals surface area contributed by atoms with E-state index in [1.165, 1.54) is 11.1 Å². The number of hydrogen-bond acceptors (Lipinski definition) is 1. The highest BCUT2D eigenvalue weighted by Crippen LogP contribution is 2.26. The Kier molecular flexibility index (Phi) is 4.78. The van der Waals surface area contributed by atoms with Gasteiger partial charge >= 0.3 is 6.03 Å². The molecule has 1 aliphatic rings. The normalized spacial score (nSPS) is 13.6. The van der Waals surface area contributed by atoms with Crippen molar-refractivity contribution < 1.29 is 4.79 Å². The third-order valence-corrected chi connectivity index (χ3v) is 4.43. The van der Waals surface area contributed by atoms with Gasteiger partial charge in [-0.2, -0.15) is 0 Å². The summed E-state index contributed by atoms with van der Waals surface area (Å²) in [4.78, 5) is 14.3. The van der Waals surface area contributed by atoms with Crippen LogP contribution < -0.4 is 10.2 Å². The number of aryl methyl sites for hydroxylation is 1. The summed E-state index contributed by atoms with van der Waals surface area (Å²) in [5, 5.41) is 3.03. The van der Waals surface area contributed by atoms with E-state index < -0.39 is 0 Å². The molecule has 2 aromatic carbocycles. The van der Waals surface area contributed by atoms with E-state index in [4.69, 9.17) is 0 Å². The molecule has 0 bridgehead atoms. The number of rotatable bonds is 3. The lowest BCUT2D eigenvalue weighted by Gasteiger charge is -2.29. The van der Waals surface area contributed by atoms with Gasteiger partial charge in [0.25, 0.3) is 0 Å². The monoisotopic (exact) mass is 358 g/mol. The third kappa shape index (κ3) is 3.50. The van der Waals surface area contributed by atoms with Gasteiger partial charge < -0.3 is 5.32 Å². The zero-order valence-electron chi connectivity index (χ0n) is 12.4. The Bertz CT molecular complexity index is 672. The van der Waals surface area contributed by atoms with Crippen LogP contribution in [-0.2, 0) is 12.8 Å². The van der Waals surface area contributed by atoms with Crippen LogP contribution in [0.3, 0.4) is 0 Å². The second-order valence-electron chi connectivity index (χ2n) is 5.50. The second kappa shape index (κ2) is 6.97. The molecule has 0 saturated heterocycles. The molecule has 114 valence electrons.